The van der Waals surface area contributed by atoms with Crippen molar-refractivity contribution in [1.82, 2.24) is 10.6 Å². The molecule has 0 aliphatic heterocycles. The lowest BCUT2D eigenvalue weighted by Gasteiger charge is -2.12. The largest absolute Gasteiger partial charge is 0.368 e. The molecule has 0 spiro atoms. The molecule has 7 nitrogen and oxygen atoms in total. The van der Waals surface area contributed by atoms with Crippen molar-refractivity contribution < 1.29 is 14.4 Å². The molecule has 0 aliphatic rings. The molecular formula is C15H24N4O3. The highest BCUT2D eigenvalue weighted by Crippen LogP contribution is 2.06. The van der Waals surface area contributed by atoms with E-state index in [1.165, 1.54) is 0 Å². The van der Waals surface area contributed by atoms with E-state index in [-0.39, 0.29) is 24.5 Å². The van der Waals surface area contributed by atoms with Crippen LogP contribution >= 0.6 is 0 Å². The van der Waals surface area contributed by atoms with E-state index in [1.807, 2.05) is 6.07 Å². The van der Waals surface area contributed by atoms with E-state index in [9.17, 15) is 9.59 Å². The number of unbranched alkanes of at least 4 members (excludes halogenated alkanes) is 1. The van der Waals surface area contributed by atoms with Gasteiger partial charge in [-0.15, -0.1) is 0 Å². The van der Waals surface area contributed by atoms with Crippen molar-refractivity contribution in [2.75, 3.05) is 13.6 Å². The molecular weight excluding hydrogens is 284 g/mol. The molecule has 22 heavy (non-hydrogen) atoms. The van der Waals surface area contributed by atoms with Crippen LogP contribution in [0.25, 0.3) is 0 Å². The van der Waals surface area contributed by atoms with Gasteiger partial charge in [-0.1, -0.05) is 12.1 Å². The predicted molar refractivity (Wildman–Crippen MR) is 83.6 cm³/mol. The first kappa shape index (κ1) is 18.1. The molecule has 0 fully saturated rings. The first-order chi connectivity index (χ1) is 10.6. The summed E-state index contributed by atoms with van der Waals surface area (Å²) >= 11 is 0. The Kier molecular flexibility index (Phi) is 8.13. The summed E-state index contributed by atoms with van der Waals surface area (Å²) in [5.41, 5.74) is 6.65. The third-order valence-electron chi connectivity index (χ3n) is 3.34. The molecule has 0 saturated carbocycles. The molecule has 0 radical (unpaired) electrons. The molecule has 1 rings (SSSR count). The van der Waals surface area contributed by atoms with Gasteiger partial charge < -0.3 is 16.4 Å². The smallest absolute Gasteiger partial charge is 0.251 e. The highest BCUT2D eigenvalue weighted by atomic mass is 16.6. The van der Waals surface area contributed by atoms with Crippen molar-refractivity contribution >= 4 is 11.8 Å². The van der Waals surface area contributed by atoms with Gasteiger partial charge >= 0.3 is 0 Å². The van der Waals surface area contributed by atoms with Crippen molar-refractivity contribution in [3.63, 3.8) is 0 Å². The number of hydrogen-bond acceptors (Lipinski definition) is 5. The molecule has 1 atom stereocenters. The fraction of sp³-hybridized carbons (Fsp3) is 0.467. The quantitative estimate of drug-likeness (QED) is 0.360. The van der Waals surface area contributed by atoms with Gasteiger partial charge in [-0.25, -0.2) is 5.90 Å². The number of nitrogens with one attached hydrogen (secondary N) is 2. The second-order valence-corrected chi connectivity index (χ2v) is 5.01. The predicted octanol–water partition coefficient (Wildman–Crippen LogP) is 0.0503. The Balaban J connectivity index is 2.31. The van der Waals surface area contributed by atoms with Crippen LogP contribution in [0.4, 0.5) is 0 Å². The molecule has 122 valence electrons. The van der Waals surface area contributed by atoms with Crippen LogP contribution in [0.3, 0.4) is 0 Å². The minimum absolute atomic E-state index is 0.140. The number of rotatable bonds is 10. The second-order valence-electron chi connectivity index (χ2n) is 5.01. The normalized spacial score (nSPS) is 11.9. The molecule has 1 aromatic carbocycles. The minimum atomic E-state index is -0.356. The first-order valence-electron chi connectivity index (χ1n) is 7.24. The van der Waals surface area contributed by atoms with Crippen LogP contribution in [0.2, 0.25) is 0 Å². The van der Waals surface area contributed by atoms with Gasteiger partial charge in [-0.05, 0) is 44.0 Å². The zero-order chi connectivity index (χ0) is 16.4. The summed E-state index contributed by atoms with van der Waals surface area (Å²) in [5, 5.41) is 5.70. The third kappa shape index (κ3) is 6.21. The van der Waals surface area contributed by atoms with Gasteiger partial charge in [0.2, 0.25) is 5.91 Å². The Bertz CT molecular complexity index is 493. The summed E-state index contributed by atoms with van der Waals surface area (Å²) in [6.45, 7) is 0.811. The van der Waals surface area contributed by atoms with E-state index in [0.717, 1.165) is 18.4 Å². The van der Waals surface area contributed by atoms with Crippen molar-refractivity contribution in [3.8, 4) is 0 Å². The van der Waals surface area contributed by atoms with Gasteiger partial charge in [0.25, 0.3) is 5.91 Å². The number of amides is 2. The maximum atomic E-state index is 12.0. The van der Waals surface area contributed by atoms with E-state index in [0.29, 0.717) is 18.5 Å². The lowest BCUT2D eigenvalue weighted by Crippen LogP contribution is -2.39. The number of nitrogens with two attached hydrogens (primary N) is 2. The van der Waals surface area contributed by atoms with Crippen LogP contribution in [0, 0.1) is 0 Å². The Morgan fingerprint density at radius 1 is 1.32 bits per heavy atom. The maximum Gasteiger partial charge on any atom is 0.251 e. The highest BCUT2D eigenvalue weighted by Gasteiger charge is 2.11. The van der Waals surface area contributed by atoms with Gasteiger partial charge in [0.05, 0.1) is 12.6 Å². The Morgan fingerprint density at radius 2 is 2.09 bits per heavy atom. The highest BCUT2D eigenvalue weighted by molar-refractivity contribution is 5.94. The number of benzene rings is 1. The third-order valence-corrected chi connectivity index (χ3v) is 3.34. The molecule has 0 saturated heterocycles. The Morgan fingerprint density at radius 3 is 2.73 bits per heavy atom. The molecule has 7 heteroatoms. The number of likely N-dealkylation sites (N-methyl/N-ethyl adjacent to an activating group) is 1. The van der Waals surface area contributed by atoms with E-state index < -0.39 is 0 Å². The molecule has 0 heterocycles. The fourth-order valence-electron chi connectivity index (χ4n) is 2.10. The van der Waals surface area contributed by atoms with Crippen LogP contribution in [0.1, 0.15) is 35.2 Å². The zero-order valence-corrected chi connectivity index (χ0v) is 12.8. The molecule has 2 amide bonds. The molecule has 1 aromatic rings. The van der Waals surface area contributed by atoms with Crippen LogP contribution in [-0.4, -0.2) is 31.4 Å². The van der Waals surface area contributed by atoms with Gasteiger partial charge in [0.1, 0.15) is 0 Å². The Hall–Kier alpha value is -1.96. The van der Waals surface area contributed by atoms with E-state index in [4.69, 9.17) is 11.6 Å². The number of carbonyl (C=O) groups is 2. The molecule has 0 bridgehead atoms. The SMILES string of the molecule is CN[C@@H](CCCCNC(=O)c1cccc(CON)c1)C(N)=O. The maximum absolute atomic E-state index is 12.0. The summed E-state index contributed by atoms with van der Waals surface area (Å²) in [5.74, 6) is 4.52. The summed E-state index contributed by atoms with van der Waals surface area (Å²) in [6, 6.07) is 6.79. The lowest BCUT2D eigenvalue weighted by atomic mass is 10.1. The average molecular weight is 308 g/mol. The number of carbonyl (C=O) groups excluding carboxylic acids is 2. The molecule has 0 aromatic heterocycles. The fourth-order valence-corrected chi connectivity index (χ4v) is 2.10. The minimum Gasteiger partial charge on any atom is -0.368 e. The topological polar surface area (TPSA) is 119 Å². The molecule has 0 unspecified atom stereocenters. The van der Waals surface area contributed by atoms with Gasteiger partial charge in [-0.2, -0.15) is 0 Å². The van der Waals surface area contributed by atoms with Gasteiger partial charge in [0.15, 0.2) is 0 Å². The summed E-state index contributed by atoms with van der Waals surface area (Å²) < 4.78 is 0. The first-order valence-corrected chi connectivity index (χ1v) is 7.24. The summed E-state index contributed by atoms with van der Waals surface area (Å²) in [7, 11) is 1.70. The van der Waals surface area contributed by atoms with Crippen LogP contribution < -0.4 is 22.3 Å². The average Bonchev–Trinajstić information content (AvgIpc) is 2.51. The molecule has 6 N–H and O–H groups in total. The zero-order valence-electron chi connectivity index (χ0n) is 12.8. The van der Waals surface area contributed by atoms with E-state index in [2.05, 4.69) is 15.5 Å². The van der Waals surface area contributed by atoms with Gasteiger partial charge in [-0.3, -0.25) is 14.4 Å². The number of hydrogen-bond donors (Lipinski definition) is 4. The summed E-state index contributed by atoms with van der Waals surface area (Å²) in [6.07, 6.45) is 2.24. The molecule has 0 aliphatic carbocycles. The second kappa shape index (κ2) is 9.88. The van der Waals surface area contributed by atoms with Crippen LogP contribution in [0.15, 0.2) is 24.3 Å². The van der Waals surface area contributed by atoms with Crippen LogP contribution in [0.5, 0.6) is 0 Å². The standard InChI is InChI=1S/C15H24N4O3/c1-18-13(14(16)20)7-2-3-8-19-15(21)12-6-4-5-11(9-12)10-22-17/h4-6,9,13,18H,2-3,7-8,10,17H2,1H3,(H2,16,20)(H,19,21)/t13-/m0/s1. The number of primary amides is 1. The monoisotopic (exact) mass is 308 g/mol. The lowest BCUT2D eigenvalue weighted by molar-refractivity contribution is -0.120. The van der Waals surface area contributed by atoms with Crippen molar-refractivity contribution in [2.45, 2.75) is 31.9 Å². The van der Waals surface area contributed by atoms with Crippen molar-refractivity contribution in [2.24, 2.45) is 11.6 Å². The van der Waals surface area contributed by atoms with Gasteiger partial charge in [0, 0.05) is 12.1 Å². The summed E-state index contributed by atoms with van der Waals surface area (Å²) in [4.78, 5) is 27.6. The van der Waals surface area contributed by atoms with Crippen molar-refractivity contribution in [1.29, 1.82) is 0 Å². The Labute approximate surface area is 130 Å². The van der Waals surface area contributed by atoms with Crippen LogP contribution in [-0.2, 0) is 16.2 Å². The van der Waals surface area contributed by atoms with E-state index >= 15 is 0 Å². The van der Waals surface area contributed by atoms with Crippen molar-refractivity contribution in [3.05, 3.63) is 35.4 Å². The van der Waals surface area contributed by atoms with E-state index in [1.54, 1.807) is 25.2 Å².